The highest BCUT2D eigenvalue weighted by molar-refractivity contribution is 5.89. The third-order valence-corrected chi connectivity index (χ3v) is 4.88. The molecule has 3 rings (SSSR count). The van der Waals surface area contributed by atoms with E-state index in [9.17, 15) is 4.79 Å². The van der Waals surface area contributed by atoms with Crippen LogP contribution in [0.1, 0.15) is 19.8 Å². The Hall–Kier alpha value is -1.95. The van der Waals surface area contributed by atoms with E-state index in [-0.39, 0.29) is 12.1 Å². The van der Waals surface area contributed by atoms with Crippen molar-refractivity contribution in [1.82, 2.24) is 9.80 Å². The molecule has 1 saturated heterocycles. The molecular formula is C18H27N3O3. The first-order chi connectivity index (χ1) is 11.5. The van der Waals surface area contributed by atoms with Gasteiger partial charge in [0.05, 0.1) is 13.2 Å². The number of fused-ring (bicyclic) bond motifs is 1. The van der Waals surface area contributed by atoms with Crippen LogP contribution in [0.2, 0.25) is 0 Å². The molecule has 6 nitrogen and oxygen atoms in total. The van der Waals surface area contributed by atoms with Crippen LogP contribution in [-0.2, 0) is 0 Å². The topological polar surface area (TPSA) is 54.0 Å². The van der Waals surface area contributed by atoms with Crippen molar-refractivity contribution < 1.29 is 14.3 Å². The zero-order valence-electron chi connectivity index (χ0n) is 14.7. The first-order valence-electron chi connectivity index (χ1n) is 8.66. The van der Waals surface area contributed by atoms with Gasteiger partial charge in [-0.3, -0.25) is 0 Å². The average molecular weight is 333 g/mol. The van der Waals surface area contributed by atoms with Crippen molar-refractivity contribution in [3.63, 3.8) is 0 Å². The Kier molecular flexibility index (Phi) is 5.14. The summed E-state index contributed by atoms with van der Waals surface area (Å²) >= 11 is 0. The molecule has 2 amide bonds. The molecule has 2 unspecified atom stereocenters. The van der Waals surface area contributed by atoms with Gasteiger partial charge < -0.3 is 24.6 Å². The number of benzene rings is 1. The van der Waals surface area contributed by atoms with Gasteiger partial charge in [-0.25, -0.2) is 4.79 Å². The number of ether oxygens (including phenoxy) is 2. The Morgan fingerprint density at radius 1 is 1.29 bits per heavy atom. The number of rotatable bonds is 2. The summed E-state index contributed by atoms with van der Waals surface area (Å²) in [5, 5.41) is 2.98. The van der Waals surface area contributed by atoms with E-state index < -0.39 is 0 Å². The summed E-state index contributed by atoms with van der Waals surface area (Å²) < 4.78 is 11.3. The lowest BCUT2D eigenvalue weighted by Crippen LogP contribution is -2.50. The highest BCUT2D eigenvalue weighted by Gasteiger charge is 2.30. The summed E-state index contributed by atoms with van der Waals surface area (Å²) in [5.41, 5.74) is 0.733. The van der Waals surface area contributed by atoms with E-state index in [1.807, 2.05) is 30.1 Å². The van der Waals surface area contributed by atoms with Crippen LogP contribution in [0.3, 0.4) is 0 Å². The van der Waals surface area contributed by atoms with Gasteiger partial charge in [-0.15, -0.1) is 0 Å². The Balaban J connectivity index is 1.65. The molecule has 1 aromatic carbocycles. The average Bonchev–Trinajstić information content (AvgIpc) is 2.79. The van der Waals surface area contributed by atoms with Gasteiger partial charge in [-0.2, -0.15) is 0 Å². The maximum absolute atomic E-state index is 12.6. The summed E-state index contributed by atoms with van der Waals surface area (Å²) in [5.74, 6) is 1.90. The molecule has 132 valence electrons. The van der Waals surface area contributed by atoms with Gasteiger partial charge in [-0.05, 0) is 38.1 Å². The first-order valence-corrected chi connectivity index (χ1v) is 8.66. The largest absolute Gasteiger partial charge is 0.490 e. The maximum atomic E-state index is 12.6. The Morgan fingerprint density at radius 2 is 2.04 bits per heavy atom. The van der Waals surface area contributed by atoms with Gasteiger partial charge in [0.2, 0.25) is 0 Å². The molecule has 1 N–H and O–H groups in total. The summed E-state index contributed by atoms with van der Waals surface area (Å²) in [4.78, 5) is 16.8. The molecular weight excluding hydrogens is 306 g/mol. The molecule has 2 atom stereocenters. The van der Waals surface area contributed by atoms with E-state index in [0.29, 0.717) is 24.9 Å². The maximum Gasteiger partial charge on any atom is 0.321 e. The van der Waals surface area contributed by atoms with Crippen LogP contribution in [0.15, 0.2) is 18.2 Å². The van der Waals surface area contributed by atoms with E-state index >= 15 is 0 Å². The highest BCUT2D eigenvalue weighted by atomic mass is 16.5. The van der Waals surface area contributed by atoms with Gasteiger partial charge in [-0.1, -0.05) is 6.92 Å². The number of piperidine rings is 1. The predicted octanol–water partition coefficient (Wildman–Crippen LogP) is 2.65. The molecule has 0 bridgehead atoms. The number of anilines is 1. The Labute approximate surface area is 143 Å². The van der Waals surface area contributed by atoms with Crippen molar-refractivity contribution in [2.24, 2.45) is 5.92 Å². The molecule has 2 aliphatic rings. The lowest BCUT2D eigenvalue weighted by Gasteiger charge is -2.39. The van der Waals surface area contributed by atoms with Gasteiger partial charge in [0.25, 0.3) is 0 Å². The molecule has 1 aromatic rings. The third-order valence-electron chi connectivity index (χ3n) is 4.88. The number of likely N-dealkylation sites (tertiary alicyclic amines) is 1. The summed E-state index contributed by atoms with van der Waals surface area (Å²) in [6, 6.07) is 5.74. The van der Waals surface area contributed by atoms with Gasteiger partial charge in [0.15, 0.2) is 11.5 Å². The Bertz CT molecular complexity index is 593. The van der Waals surface area contributed by atoms with Crippen molar-refractivity contribution in [3.8, 4) is 11.5 Å². The molecule has 0 radical (unpaired) electrons. The van der Waals surface area contributed by atoms with Crippen molar-refractivity contribution >= 4 is 11.7 Å². The number of nitrogens with zero attached hydrogens (tertiary/aromatic N) is 2. The lowest BCUT2D eigenvalue weighted by molar-refractivity contribution is 0.113. The first kappa shape index (κ1) is 16.9. The minimum atomic E-state index is -0.0779. The normalized spacial score (nSPS) is 24.1. The number of amides is 2. The molecule has 2 heterocycles. The fourth-order valence-corrected chi connectivity index (χ4v) is 3.52. The van der Waals surface area contributed by atoms with Crippen molar-refractivity contribution in [1.29, 1.82) is 0 Å². The second kappa shape index (κ2) is 7.30. The number of hydrogen-bond acceptors (Lipinski definition) is 4. The van der Waals surface area contributed by atoms with Crippen molar-refractivity contribution in [2.45, 2.75) is 25.8 Å². The third kappa shape index (κ3) is 3.75. The van der Waals surface area contributed by atoms with Crippen LogP contribution in [0.25, 0.3) is 0 Å². The molecule has 0 saturated carbocycles. The molecule has 0 aromatic heterocycles. The summed E-state index contributed by atoms with van der Waals surface area (Å²) in [6.45, 7) is 5.55. The van der Waals surface area contributed by atoms with Crippen molar-refractivity contribution in [3.05, 3.63) is 18.2 Å². The van der Waals surface area contributed by atoms with Gasteiger partial charge in [0, 0.05) is 37.8 Å². The molecule has 0 aliphatic carbocycles. The van der Waals surface area contributed by atoms with Crippen LogP contribution in [0.4, 0.5) is 10.5 Å². The molecule has 24 heavy (non-hydrogen) atoms. The van der Waals surface area contributed by atoms with E-state index in [4.69, 9.17) is 9.47 Å². The fraction of sp³-hybridized carbons (Fsp3) is 0.611. The summed E-state index contributed by atoms with van der Waals surface area (Å²) in [7, 11) is 4.01. The fourth-order valence-electron chi connectivity index (χ4n) is 3.52. The SMILES string of the molecule is CC1CN(C)CCC1N(C)C(=O)Nc1ccc2c(c1)OCCCO2. The minimum Gasteiger partial charge on any atom is -0.490 e. The van der Waals surface area contributed by atoms with Crippen LogP contribution >= 0.6 is 0 Å². The summed E-state index contributed by atoms with van der Waals surface area (Å²) in [6.07, 6.45) is 1.87. The zero-order valence-corrected chi connectivity index (χ0v) is 14.7. The second-order valence-electron chi connectivity index (χ2n) is 6.85. The van der Waals surface area contributed by atoms with E-state index in [0.717, 1.165) is 37.4 Å². The number of nitrogens with one attached hydrogen (secondary N) is 1. The van der Waals surface area contributed by atoms with Crippen LogP contribution in [0, 0.1) is 5.92 Å². The standard InChI is InChI=1S/C18H27N3O3/c1-13-12-20(2)8-7-15(13)21(3)18(22)19-14-5-6-16-17(11-14)24-10-4-9-23-16/h5-6,11,13,15H,4,7-10,12H2,1-3H3,(H,19,22). The van der Waals surface area contributed by atoms with Gasteiger partial charge in [0.1, 0.15) is 0 Å². The smallest absolute Gasteiger partial charge is 0.321 e. The number of urea groups is 1. The monoisotopic (exact) mass is 333 g/mol. The van der Waals surface area contributed by atoms with Crippen molar-refractivity contribution in [2.75, 3.05) is 45.7 Å². The lowest BCUT2D eigenvalue weighted by atomic mass is 9.93. The number of carbonyl (C=O) groups excluding carboxylic acids is 1. The van der Waals surface area contributed by atoms with Crippen LogP contribution in [0.5, 0.6) is 11.5 Å². The predicted molar refractivity (Wildman–Crippen MR) is 93.9 cm³/mol. The quantitative estimate of drug-likeness (QED) is 0.904. The number of hydrogen-bond donors (Lipinski definition) is 1. The highest BCUT2D eigenvalue weighted by Crippen LogP contribution is 2.32. The zero-order chi connectivity index (χ0) is 17.1. The number of carbonyl (C=O) groups is 1. The van der Waals surface area contributed by atoms with Crippen LogP contribution < -0.4 is 14.8 Å². The van der Waals surface area contributed by atoms with Gasteiger partial charge >= 0.3 is 6.03 Å². The van der Waals surface area contributed by atoms with E-state index in [2.05, 4.69) is 24.2 Å². The molecule has 2 aliphatic heterocycles. The van der Waals surface area contributed by atoms with E-state index in [1.54, 1.807) is 0 Å². The minimum absolute atomic E-state index is 0.0779. The molecule has 1 fully saturated rings. The molecule has 0 spiro atoms. The molecule has 6 heteroatoms. The second-order valence-corrected chi connectivity index (χ2v) is 6.85. The van der Waals surface area contributed by atoms with Crippen LogP contribution in [-0.4, -0.2) is 62.3 Å². The Morgan fingerprint density at radius 3 is 2.79 bits per heavy atom. The van der Waals surface area contributed by atoms with E-state index in [1.165, 1.54) is 0 Å².